The number of anilines is 1. The van der Waals surface area contributed by atoms with Crippen LogP contribution >= 0.6 is 0 Å². The number of nitrogens with one attached hydrogen (secondary N) is 2. The highest BCUT2D eigenvalue weighted by Crippen LogP contribution is 2.24. The van der Waals surface area contributed by atoms with Gasteiger partial charge in [-0.3, -0.25) is 14.5 Å². The minimum absolute atomic E-state index is 0.0617. The number of amides is 2. The molecule has 2 aromatic rings. The minimum Gasteiger partial charge on any atom is -0.468 e. The predicted octanol–water partition coefficient (Wildman–Crippen LogP) is 1.13. The summed E-state index contributed by atoms with van der Waals surface area (Å²) in [5.74, 6) is -1.05. The molecule has 1 unspecified atom stereocenters. The Hall–Kier alpha value is -2.95. The molecule has 2 heterocycles. The number of hydrogen-bond donors (Lipinski definition) is 2. The van der Waals surface area contributed by atoms with Gasteiger partial charge in [0, 0.05) is 52.6 Å². The van der Waals surface area contributed by atoms with Crippen LogP contribution in [-0.2, 0) is 19.1 Å². The largest absolute Gasteiger partial charge is 0.468 e. The van der Waals surface area contributed by atoms with Crippen molar-refractivity contribution in [2.75, 3.05) is 58.4 Å². The summed E-state index contributed by atoms with van der Waals surface area (Å²) in [5, 5.41) is 5.17. The quantitative estimate of drug-likeness (QED) is 0.439. The Labute approximate surface area is 186 Å². The molecule has 1 aliphatic heterocycles. The van der Waals surface area contributed by atoms with E-state index in [1.807, 2.05) is 6.07 Å². The normalized spacial score (nSPS) is 15.6. The third-order valence-electron chi connectivity index (χ3n) is 5.44. The summed E-state index contributed by atoms with van der Waals surface area (Å²) in [7, 11) is 2.90. The minimum atomic E-state index is -0.761. The molecule has 1 aliphatic rings. The second-order valence-corrected chi connectivity index (χ2v) is 7.35. The molecule has 3 rings (SSSR count). The van der Waals surface area contributed by atoms with E-state index >= 15 is 0 Å². The van der Waals surface area contributed by atoms with Crippen LogP contribution in [0.25, 0.3) is 0 Å². The SMILES string of the molecule is COC(CNC(=O)C(=O)NCC(c1ccco1)N1CCN(c2ccc(F)cc2)CC1)OC. The molecule has 9 nitrogen and oxygen atoms in total. The average molecular weight is 448 g/mol. The molecular formula is C22H29FN4O5. The lowest BCUT2D eigenvalue weighted by Crippen LogP contribution is -2.51. The van der Waals surface area contributed by atoms with Crippen molar-refractivity contribution in [1.29, 1.82) is 0 Å². The smallest absolute Gasteiger partial charge is 0.309 e. The molecule has 0 saturated carbocycles. The number of rotatable bonds is 9. The van der Waals surface area contributed by atoms with Gasteiger partial charge in [0.1, 0.15) is 11.6 Å². The summed E-state index contributed by atoms with van der Waals surface area (Å²) < 4.78 is 28.8. The first kappa shape index (κ1) is 23.7. The first-order chi connectivity index (χ1) is 15.5. The van der Waals surface area contributed by atoms with Crippen molar-refractivity contribution in [2.24, 2.45) is 0 Å². The highest BCUT2D eigenvalue weighted by atomic mass is 19.1. The van der Waals surface area contributed by atoms with E-state index in [1.165, 1.54) is 26.4 Å². The van der Waals surface area contributed by atoms with Gasteiger partial charge in [-0.15, -0.1) is 0 Å². The van der Waals surface area contributed by atoms with Crippen molar-refractivity contribution >= 4 is 17.5 Å². The van der Waals surface area contributed by atoms with E-state index in [-0.39, 0.29) is 24.9 Å². The van der Waals surface area contributed by atoms with Crippen molar-refractivity contribution in [3.63, 3.8) is 0 Å². The van der Waals surface area contributed by atoms with E-state index in [2.05, 4.69) is 20.4 Å². The number of hydrogen-bond acceptors (Lipinski definition) is 7. The van der Waals surface area contributed by atoms with Crippen molar-refractivity contribution in [2.45, 2.75) is 12.3 Å². The zero-order valence-electron chi connectivity index (χ0n) is 18.3. The van der Waals surface area contributed by atoms with Gasteiger partial charge in [-0.1, -0.05) is 0 Å². The van der Waals surface area contributed by atoms with Gasteiger partial charge in [-0.05, 0) is 36.4 Å². The molecule has 1 atom stereocenters. The fourth-order valence-electron chi connectivity index (χ4n) is 3.62. The number of carbonyl (C=O) groups is 2. The van der Waals surface area contributed by atoms with Gasteiger partial charge in [0.05, 0.1) is 18.8 Å². The summed E-state index contributed by atoms with van der Waals surface area (Å²) in [6.45, 7) is 3.20. The fourth-order valence-corrected chi connectivity index (χ4v) is 3.62. The number of piperazine rings is 1. The molecule has 174 valence electrons. The molecule has 1 saturated heterocycles. The van der Waals surface area contributed by atoms with Gasteiger partial charge in [-0.2, -0.15) is 0 Å². The Kier molecular flexibility index (Phi) is 8.60. The number of benzene rings is 1. The maximum absolute atomic E-state index is 13.2. The lowest BCUT2D eigenvalue weighted by molar-refractivity contribution is -0.141. The first-order valence-corrected chi connectivity index (χ1v) is 10.4. The first-order valence-electron chi connectivity index (χ1n) is 10.4. The molecule has 1 aromatic heterocycles. The van der Waals surface area contributed by atoms with Gasteiger partial charge in [0.25, 0.3) is 0 Å². The number of ether oxygens (including phenoxy) is 2. The van der Waals surface area contributed by atoms with Crippen molar-refractivity contribution in [3.8, 4) is 0 Å². The van der Waals surface area contributed by atoms with Crippen molar-refractivity contribution < 1.29 is 27.9 Å². The highest BCUT2D eigenvalue weighted by molar-refractivity contribution is 6.35. The van der Waals surface area contributed by atoms with Gasteiger partial charge < -0.3 is 29.4 Å². The molecule has 1 fully saturated rings. The van der Waals surface area contributed by atoms with E-state index < -0.39 is 18.1 Å². The monoisotopic (exact) mass is 448 g/mol. The number of furan rings is 1. The Morgan fingerprint density at radius 3 is 2.19 bits per heavy atom. The zero-order valence-corrected chi connectivity index (χ0v) is 18.3. The third-order valence-corrected chi connectivity index (χ3v) is 5.44. The summed E-state index contributed by atoms with van der Waals surface area (Å²) in [6, 6.07) is 9.87. The Morgan fingerprint density at radius 1 is 1.00 bits per heavy atom. The Balaban J connectivity index is 1.55. The molecule has 2 N–H and O–H groups in total. The molecule has 2 amide bonds. The van der Waals surface area contributed by atoms with Crippen LogP contribution < -0.4 is 15.5 Å². The van der Waals surface area contributed by atoms with Crippen LogP contribution in [0.3, 0.4) is 0 Å². The molecule has 1 aromatic carbocycles. The Morgan fingerprint density at radius 2 is 1.62 bits per heavy atom. The van der Waals surface area contributed by atoms with E-state index in [4.69, 9.17) is 13.9 Å². The van der Waals surface area contributed by atoms with E-state index in [0.717, 1.165) is 18.8 Å². The summed E-state index contributed by atoms with van der Waals surface area (Å²) in [6.07, 6.45) is 0.960. The fraction of sp³-hybridized carbons (Fsp3) is 0.455. The standard InChI is InChI=1S/C22H29FN4O5/c1-30-20(31-2)15-25-22(29)21(28)24-14-18(19-4-3-13-32-19)27-11-9-26(10-12-27)17-7-5-16(23)6-8-17/h3-8,13,18,20H,9-12,14-15H2,1-2H3,(H,24,28)(H,25,29). The predicted molar refractivity (Wildman–Crippen MR) is 115 cm³/mol. The second-order valence-electron chi connectivity index (χ2n) is 7.35. The summed E-state index contributed by atoms with van der Waals surface area (Å²) in [4.78, 5) is 28.7. The molecule has 0 bridgehead atoms. The van der Waals surface area contributed by atoms with Crippen LogP contribution in [0.5, 0.6) is 0 Å². The summed E-state index contributed by atoms with van der Waals surface area (Å²) in [5.41, 5.74) is 0.969. The third kappa shape index (κ3) is 6.28. The van der Waals surface area contributed by atoms with Crippen molar-refractivity contribution in [3.05, 3.63) is 54.2 Å². The molecule has 0 radical (unpaired) electrons. The van der Waals surface area contributed by atoms with Crippen molar-refractivity contribution in [1.82, 2.24) is 15.5 Å². The number of methoxy groups -OCH3 is 2. The van der Waals surface area contributed by atoms with Crippen LogP contribution in [0.2, 0.25) is 0 Å². The number of carbonyl (C=O) groups excluding carboxylic acids is 2. The average Bonchev–Trinajstić information content (AvgIpc) is 3.35. The second kappa shape index (κ2) is 11.6. The molecule has 0 spiro atoms. The van der Waals surface area contributed by atoms with Crippen LogP contribution in [-0.4, -0.2) is 76.5 Å². The topological polar surface area (TPSA) is 96.3 Å². The molecule has 10 heteroatoms. The van der Waals surface area contributed by atoms with E-state index in [9.17, 15) is 14.0 Å². The van der Waals surface area contributed by atoms with E-state index in [0.29, 0.717) is 18.8 Å². The summed E-state index contributed by atoms with van der Waals surface area (Å²) >= 11 is 0. The number of halogens is 1. The van der Waals surface area contributed by atoms with Gasteiger partial charge in [0.2, 0.25) is 0 Å². The van der Waals surface area contributed by atoms with Crippen LogP contribution in [0.15, 0.2) is 47.1 Å². The lowest BCUT2D eigenvalue weighted by Gasteiger charge is -2.39. The van der Waals surface area contributed by atoms with Crippen LogP contribution in [0, 0.1) is 5.82 Å². The molecular weight excluding hydrogens is 419 g/mol. The van der Waals surface area contributed by atoms with Crippen LogP contribution in [0.4, 0.5) is 10.1 Å². The van der Waals surface area contributed by atoms with Gasteiger partial charge >= 0.3 is 11.8 Å². The van der Waals surface area contributed by atoms with Crippen LogP contribution in [0.1, 0.15) is 11.8 Å². The maximum atomic E-state index is 13.2. The maximum Gasteiger partial charge on any atom is 0.309 e. The molecule has 0 aliphatic carbocycles. The van der Waals surface area contributed by atoms with E-state index in [1.54, 1.807) is 24.5 Å². The zero-order chi connectivity index (χ0) is 22.9. The van der Waals surface area contributed by atoms with Gasteiger partial charge in [0.15, 0.2) is 6.29 Å². The highest BCUT2D eigenvalue weighted by Gasteiger charge is 2.28. The Bertz CT molecular complexity index is 850. The van der Waals surface area contributed by atoms with Gasteiger partial charge in [-0.25, -0.2) is 4.39 Å². The number of nitrogens with zero attached hydrogens (tertiary/aromatic N) is 2. The molecule has 32 heavy (non-hydrogen) atoms. The lowest BCUT2D eigenvalue weighted by atomic mass is 10.1.